The molecule has 1 fully saturated rings. The van der Waals surface area contributed by atoms with Crippen molar-refractivity contribution in [2.24, 2.45) is 5.41 Å². The Morgan fingerprint density at radius 1 is 1.09 bits per heavy atom. The van der Waals surface area contributed by atoms with Gasteiger partial charge in [0, 0.05) is 10.5 Å². The number of carbonyl (C=O) groups excluding carboxylic acids is 1. The first kappa shape index (κ1) is 14.0. The summed E-state index contributed by atoms with van der Waals surface area (Å²) in [4.78, 5) is 23.6. The average Bonchev–Trinajstić information content (AvgIpc) is 3.26. The van der Waals surface area contributed by atoms with Gasteiger partial charge < -0.3 is 0 Å². The van der Waals surface area contributed by atoms with Crippen molar-refractivity contribution in [3.63, 3.8) is 0 Å². The van der Waals surface area contributed by atoms with Gasteiger partial charge in [-0.15, -0.1) is 0 Å². The SMILES string of the molecule is N#C[C@]1(C(=O)c2ccccc2)[C@H](c2ccccc2)[C@H]1[N+](=O)[O-]. The Kier molecular flexibility index (Phi) is 3.22. The fourth-order valence-electron chi connectivity index (χ4n) is 3.05. The number of nitriles is 1. The molecule has 5 nitrogen and oxygen atoms in total. The monoisotopic (exact) mass is 292 g/mol. The molecule has 3 rings (SSSR count). The molecule has 3 atom stereocenters. The van der Waals surface area contributed by atoms with Crippen molar-refractivity contribution in [1.82, 2.24) is 0 Å². The number of hydrogen-bond donors (Lipinski definition) is 0. The van der Waals surface area contributed by atoms with E-state index in [4.69, 9.17) is 0 Å². The van der Waals surface area contributed by atoms with Crippen molar-refractivity contribution >= 4 is 5.78 Å². The molecule has 0 amide bonds. The zero-order chi connectivity index (χ0) is 15.7. The third-order valence-electron chi connectivity index (χ3n) is 4.15. The summed E-state index contributed by atoms with van der Waals surface area (Å²) in [6.07, 6.45) is 0. The van der Waals surface area contributed by atoms with Gasteiger partial charge in [-0.05, 0) is 5.56 Å². The highest BCUT2D eigenvalue weighted by molar-refractivity contribution is 6.06. The van der Waals surface area contributed by atoms with E-state index in [0.717, 1.165) is 0 Å². The van der Waals surface area contributed by atoms with Crippen LogP contribution in [0.2, 0.25) is 0 Å². The first-order valence-electron chi connectivity index (χ1n) is 6.82. The standard InChI is InChI=1S/C17H12N2O3/c18-11-17(16(20)13-9-5-2-6-10-13)14(15(17)19(21)22)12-7-3-1-4-8-12/h1-10,14-15H/t14-,15-,17+/m1/s1. The molecule has 0 aliphatic heterocycles. The van der Waals surface area contributed by atoms with Crippen LogP contribution in [0.15, 0.2) is 60.7 Å². The van der Waals surface area contributed by atoms with Crippen LogP contribution in [0.3, 0.4) is 0 Å². The maximum Gasteiger partial charge on any atom is 0.248 e. The van der Waals surface area contributed by atoms with Gasteiger partial charge in [0.25, 0.3) is 0 Å². The Bertz CT molecular complexity index is 767. The fraction of sp³-hybridized carbons (Fsp3) is 0.176. The van der Waals surface area contributed by atoms with Crippen molar-refractivity contribution in [2.75, 3.05) is 0 Å². The number of carbonyl (C=O) groups is 1. The van der Waals surface area contributed by atoms with Crippen LogP contribution in [0.4, 0.5) is 0 Å². The number of nitro groups is 1. The second-order valence-corrected chi connectivity index (χ2v) is 5.29. The number of nitrogens with zero attached hydrogens (tertiary/aromatic N) is 2. The maximum atomic E-state index is 12.7. The van der Waals surface area contributed by atoms with Crippen LogP contribution in [-0.4, -0.2) is 16.7 Å². The molecule has 2 aromatic carbocycles. The van der Waals surface area contributed by atoms with E-state index >= 15 is 0 Å². The maximum absolute atomic E-state index is 12.7. The molecule has 1 saturated carbocycles. The Hall–Kier alpha value is -3.00. The van der Waals surface area contributed by atoms with E-state index in [2.05, 4.69) is 0 Å². The van der Waals surface area contributed by atoms with Crippen LogP contribution in [0.25, 0.3) is 0 Å². The quantitative estimate of drug-likeness (QED) is 0.492. The van der Waals surface area contributed by atoms with Crippen LogP contribution in [0, 0.1) is 26.9 Å². The van der Waals surface area contributed by atoms with Gasteiger partial charge in [0.05, 0.1) is 12.0 Å². The van der Waals surface area contributed by atoms with E-state index in [1.807, 2.05) is 6.07 Å². The molecule has 0 radical (unpaired) electrons. The molecule has 108 valence electrons. The zero-order valence-electron chi connectivity index (χ0n) is 11.5. The van der Waals surface area contributed by atoms with Gasteiger partial charge in [0.1, 0.15) is 0 Å². The molecule has 1 aliphatic carbocycles. The lowest BCUT2D eigenvalue weighted by atomic mass is 9.91. The molecule has 1 aliphatic rings. The molecule has 0 bridgehead atoms. The Labute approximate surface area is 127 Å². The third-order valence-corrected chi connectivity index (χ3v) is 4.15. The lowest BCUT2D eigenvalue weighted by Crippen LogP contribution is -2.22. The first-order chi connectivity index (χ1) is 10.6. The van der Waals surface area contributed by atoms with Gasteiger partial charge >= 0.3 is 0 Å². The van der Waals surface area contributed by atoms with Crippen LogP contribution >= 0.6 is 0 Å². The van der Waals surface area contributed by atoms with Gasteiger partial charge in [0.15, 0.2) is 5.78 Å². The molecule has 2 aromatic rings. The molecule has 0 N–H and O–H groups in total. The minimum absolute atomic E-state index is 0.328. The predicted molar refractivity (Wildman–Crippen MR) is 78.8 cm³/mol. The minimum atomic E-state index is -1.62. The molecule has 0 heterocycles. The number of benzene rings is 2. The normalized spacial score (nSPS) is 26.0. The van der Waals surface area contributed by atoms with E-state index in [1.54, 1.807) is 60.7 Å². The van der Waals surface area contributed by atoms with E-state index < -0.39 is 28.1 Å². The summed E-state index contributed by atoms with van der Waals surface area (Å²) in [5.74, 6) is -1.19. The summed E-state index contributed by atoms with van der Waals surface area (Å²) in [6.45, 7) is 0. The van der Waals surface area contributed by atoms with Gasteiger partial charge in [-0.25, -0.2) is 0 Å². The van der Waals surface area contributed by atoms with Crippen LogP contribution in [0.5, 0.6) is 0 Å². The predicted octanol–water partition coefficient (Wildman–Crippen LogP) is 2.82. The summed E-state index contributed by atoms with van der Waals surface area (Å²) < 4.78 is 0. The summed E-state index contributed by atoms with van der Waals surface area (Å²) in [5.41, 5.74) is -0.643. The van der Waals surface area contributed by atoms with Crippen molar-refractivity contribution < 1.29 is 9.72 Å². The molecule has 22 heavy (non-hydrogen) atoms. The Morgan fingerprint density at radius 2 is 1.64 bits per heavy atom. The van der Waals surface area contributed by atoms with Gasteiger partial charge in [-0.1, -0.05) is 60.7 Å². The second-order valence-electron chi connectivity index (χ2n) is 5.29. The number of rotatable bonds is 4. The number of Topliss-reactive ketones (excluding diaryl/α,β-unsaturated/α-hetero) is 1. The highest BCUT2D eigenvalue weighted by Crippen LogP contribution is 2.61. The topological polar surface area (TPSA) is 84.0 Å². The van der Waals surface area contributed by atoms with E-state index in [9.17, 15) is 20.2 Å². The molecular weight excluding hydrogens is 280 g/mol. The summed E-state index contributed by atoms with van der Waals surface area (Å²) in [5, 5.41) is 20.9. The van der Waals surface area contributed by atoms with Crippen LogP contribution in [0.1, 0.15) is 21.8 Å². The van der Waals surface area contributed by atoms with Crippen LogP contribution < -0.4 is 0 Å². The summed E-state index contributed by atoms with van der Waals surface area (Å²) in [6, 6.07) is 17.7. The summed E-state index contributed by atoms with van der Waals surface area (Å²) >= 11 is 0. The Morgan fingerprint density at radius 3 is 2.14 bits per heavy atom. The van der Waals surface area contributed by atoms with Crippen molar-refractivity contribution in [2.45, 2.75) is 12.0 Å². The molecule has 0 unspecified atom stereocenters. The smallest absolute Gasteiger partial charge is 0.248 e. The van der Waals surface area contributed by atoms with Gasteiger partial charge in [-0.3, -0.25) is 14.9 Å². The molecule has 0 aromatic heterocycles. The van der Waals surface area contributed by atoms with Crippen molar-refractivity contribution in [3.05, 3.63) is 81.9 Å². The zero-order valence-corrected chi connectivity index (χ0v) is 11.5. The lowest BCUT2D eigenvalue weighted by molar-refractivity contribution is -0.500. The van der Waals surface area contributed by atoms with Gasteiger partial charge in [-0.2, -0.15) is 5.26 Å². The van der Waals surface area contributed by atoms with Crippen LogP contribution in [-0.2, 0) is 0 Å². The Balaban J connectivity index is 2.07. The third kappa shape index (κ3) is 1.89. The van der Waals surface area contributed by atoms with Gasteiger partial charge in [0.2, 0.25) is 11.5 Å². The van der Waals surface area contributed by atoms with E-state index in [0.29, 0.717) is 11.1 Å². The number of ketones is 1. The molecule has 0 spiro atoms. The fourth-order valence-corrected chi connectivity index (χ4v) is 3.05. The largest absolute Gasteiger partial charge is 0.292 e. The minimum Gasteiger partial charge on any atom is -0.292 e. The van der Waals surface area contributed by atoms with Crippen molar-refractivity contribution in [1.29, 1.82) is 5.26 Å². The highest BCUT2D eigenvalue weighted by Gasteiger charge is 2.79. The molecule has 0 saturated heterocycles. The van der Waals surface area contributed by atoms with E-state index in [-0.39, 0.29) is 0 Å². The molecule has 5 heteroatoms. The van der Waals surface area contributed by atoms with Crippen molar-refractivity contribution in [3.8, 4) is 6.07 Å². The number of hydrogen-bond acceptors (Lipinski definition) is 4. The second kappa shape index (κ2) is 5.08. The average molecular weight is 292 g/mol. The molecular formula is C17H12N2O3. The first-order valence-corrected chi connectivity index (χ1v) is 6.82. The van der Waals surface area contributed by atoms with E-state index in [1.165, 1.54) is 0 Å². The summed E-state index contributed by atoms with van der Waals surface area (Å²) in [7, 11) is 0. The highest BCUT2D eigenvalue weighted by atomic mass is 16.6. The lowest BCUT2D eigenvalue weighted by Gasteiger charge is -2.05.